The minimum absolute atomic E-state index is 0.297. The average molecular weight is 267 g/mol. The number of halogens is 1. The molecule has 12 heavy (non-hydrogen) atoms. The number of rotatable bonds is 0. The second-order valence-electron chi connectivity index (χ2n) is 2.12. The van der Waals surface area contributed by atoms with Crippen LogP contribution in [-0.4, -0.2) is 0 Å². The Morgan fingerprint density at radius 3 is 2.75 bits per heavy atom. The first-order valence-corrected chi connectivity index (χ1v) is 4.53. The van der Waals surface area contributed by atoms with Crippen LogP contribution in [0.5, 0.6) is 0 Å². The highest BCUT2D eigenvalue weighted by Gasteiger charge is 1.90. The topological polar surface area (TPSA) is 23.8 Å². The van der Waals surface area contributed by atoms with Crippen molar-refractivity contribution in [3.8, 4) is 17.9 Å². The zero-order valence-electron chi connectivity index (χ0n) is 6.34. The van der Waals surface area contributed by atoms with Crippen molar-refractivity contribution in [2.75, 3.05) is 0 Å². The van der Waals surface area contributed by atoms with Gasteiger partial charge in [-0.3, -0.25) is 0 Å². The summed E-state index contributed by atoms with van der Waals surface area (Å²) in [5, 5.41) is 8.26. The third kappa shape index (κ3) is 2.56. The van der Waals surface area contributed by atoms with E-state index < -0.39 is 0 Å². The molecule has 0 saturated carbocycles. The zero-order chi connectivity index (χ0) is 8.81. The fourth-order valence-electron chi connectivity index (χ4n) is 0.742. The third-order valence-corrected chi connectivity index (χ3v) is 2.21. The van der Waals surface area contributed by atoms with Gasteiger partial charge in [0.2, 0.25) is 0 Å². The van der Waals surface area contributed by atoms with Crippen LogP contribution >= 0.6 is 22.6 Å². The highest BCUT2D eigenvalue weighted by molar-refractivity contribution is 14.1. The predicted molar refractivity (Wildman–Crippen MR) is 56.3 cm³/mol. The van der Waals surface area contributed by atoms with Crippen molar-refractivity contribution in [3.63, 3.8) is 0 Å². The Labute approximate surface area is 85.5 Å². The maximum Gasteiger partial charge on any atom is 0.0966 e. The van der Waals surface area contributed by atoms with E-state index in [2.05, 4.69) is 34.4 Å². The van der Waals surface area contributed by atoms with Crippen LogP contribution in [-0.2, 0) is 0 Å². The summed E-state index contributed by atoms with van der Waals surface area (Å²) in [6, 6.07) is 9.84. The third-order valence-electron chi connectivity index (χ3n) is 1.26. The van der Waals surface area contributed by atoms with E-state index in [4.69, 9.17) is 5.26 Å². The first-order chi connectivity index (χ1) is 5.84. The lowest BCUT2D eigenvalue weighted by molar-refractivity contribution is 1.39. The van der Waals surface area contributed by atoms with Gasteiger partial charge in [-0.1, -0.05) is 24.0 Å². The fraction of sp³-hybridized carbons (Fsp3) is 0.100. The molecular weight excluding hydrogens is 261 g/mol. The second kappa shape index (κ2) is 4.79. The lowest BCUT2D eigenvalue weighted by atomic mass is 10.2. The first-order valence-electron chi connectivity index (χ1n) is 3.45. The Balaban J connectivity index is 2.86. The highest BCUT2D eigenvalue weighted by atomic mass is 127. The molecule has 1 aromatic rings. The molecule has 1 rings (SSSR count). The van der Waals surface area contributed by atoms with Gasteiger partial charge in [-0.25, -0.2) is 0 Å². The minimum Gasteiger partial charge on any atom is -0.197 e. The second-order valence-corrected chi connectivity index (χ2v) is 3.28. The lowest BCUT2D eigenvalue weighted by Gasteiger charge is -1.91. The van der Waals surface area contributed by atoms with E-state index in [1.807, 2.05) is 30.3 Å². The van der Waals surface area contributed by atoms with Crippen molar-refractivity contribution in [3.05, 3.63) is 33.4 Å². The van der Waals surface area contributed by atoms with Crippen LogP contribution < -0.4 is 0 Å². The Bertz CT molecular complexity index is 365. The molecule has 0 aliphatic rings. The molecule has 1 nitrogen and oxygen atoms in total. The molecular formula is C10H6IN. The SMILES string of the molecule is N#CCC#Cc1ccccc1I. The highest BCUT2D eigenvalue weighted by Crippen LogP contribution is 2.09. The maximum atomic E-state index is 8.26. The van der Waals surface area contributed by atoms with Crippen LogP contribution in [0.2, 0.25) is 0 Å². The molecule has 0 fully saturated rings. The quantitative estimate of drug-likeness (QED) is 0.523. The summed E-state index contributed by atoms with van der Waals surface area (Å²) in [6.45, 7) is 0. The molecule has 2 heteroatoms. The first kappa shape index (κ1) is 9.09. The molecule has 0 bridgehead atoms. The number of hydrogen-bond donors (Lipinski definition) is 0. The normalized spacial score (nSPS) is 8.00. The molecule has 0 radical (unpaired) electrons. The van der Waals surface area contributed by atoms with Crippen molar-refractivity contribution in [2.45, 2.75) is 6.42 Å². The maximum absolute atomic E-state index is 8.26. The van der Waals surface area contributed by atoms with E-state index in [0.717, 1.165) is 9.13 Å². The number of hydrogen-bond acceptors (Lipinski definition) is 1. The summed E-state index contributed by atoms with van der Waals surface area (Å²) in [5.41, 5.74) is 0.994. The van der Waals surface area contributed by atoms with Crippen LogP contribution in [0.1, 0.15) is 12.0 Å². The molecule has 58 valence electrons. The van der Waals surface area contributed by atoms with E-state index in [9.17, 15) is 0 Å². The molecule has 0 aliphatic heterocycles. The van der Waals surface area contributed by atoms with E-state index in [0.29, 0.717) is 6.42 Å². The Hall–Kier alpha value is -1.000. The summed E-state index contributed by atoms with van der Waals surface area (Å²) >= 11 is 2.23. The van der Waals surface area contributed by atoms with Crippen molar-refractivity contribution in [2.24, 2.45) is 0 Å². The van der Waals surface area contributed by atoms with Gasteiger partial charge in [0.15, 0.2) is 0 Å². The molecule has 0 aromatic heterocycles. The van der Waals surface area contributed by atoms with Crippen LogP contribution in [0.15, 0.2) is 24.3 Å². The van der Waals surface area contributed by atoms with Crippen molar-refractivity contribution >= 4 is 22.6 Å². The molecule has 0 spiro atoms. The van der Waals surface area contributed by atoms with E-state index >= 15 is 0 Å². The average Bonchev–Trinajstić information content (AvgIpc) is 2.09. The van der Waals surface area contributed by atoms with Gasteiger partial charge in [0, 0.05) is 9.13 Å². The van der Waals surface area contributed by atoms with Gasteiger partial charge in [0.05, 0.1) is 12.5 Å². The van der Waals surface area contributed by atoms with E-state index in [1.54, 1.807) is 0 Å². The number of nitrogens with zero attached hydrogens (tertiary/aromatic N) is 1. The summed E-state index contributed by atoms with van der Waals surface area (Å²) in [6.07, 6.45) is 0.297. The largest absolute Gasteiger partial charge is 0.197 e. The van der Waals surface area contributed by atoms with Crippen LogP contribution in [0.25, 0.3) is 0 Å². The molecule has 0 heterocycles. The zero-order valence-corrected chi connectivity index (χ0v) is 8.50. The summed E-state index contributed by atoms with van der Waals surface area (Å²) in [7, 11) is 0. The lowest BCUT2D eigenvalue weighted by Crippen LogP contribution is -1.78. The Morgan fingerprint density at radius 2 is 2.08 bits per heavy atom. The smallest absolute Gasteiger partial charge is 0.0966 e. The fourth-order valence-corrected chi connectivity index (χ4v) is 1.26. The number of benzene rings is 1. The van der Waals surface area contributed by atoms with Gasteiger partial charge in [-0.2, -0.15) is 5.26 Å². The number of nitriles is 1. The molecule has 0 amide bonds. The van der Waals surface area contributed by atoms with Gasteiger partial charge >= 0.3 is 0 Å². The Kier molecular flexibility index (Phi) is 3.63. The standard InChI is InChI=1S/C10H6IN/c11-10-7-2-1-5-9(10)6-3-4-8-12/h1-2,5,7H,4H2. The summed E-state index contributed by atoms with van der Waals surface area (Å²) in [5.74, 6) is 5.71. The minimum atomic E-state index is 0.297. The summed E-state index contributed by atoms with van der Waals surface area (Å²) in [4.78, 5) is 0. The molecule has 0 saturated heterocycles. The van der Waals surface area contributed by atoms with Gasteiger partial charge in [-0.05, 0) is 34.7 Å². The Morgan fingerprint density at radius 1 is 1.33 bits per heavy atom. The monoisotopic (exact) mass is 267 g/mol. The summed E-state index contributed by atoms with van der Waals surface area (Å²) < 4.78 is 1.13. The molecule has 0 unspecified atom stereocenters. The van der Waals surface area contributed by atoms with Crippen molar-refractivity contribution < 1.29 is 0 Å². The molecule has 0 N–H and O–H groups in total. The van der Waals surface area contributed by atoms with Gasteiger partial charge in [0.25, 0.3) is 0 Å². The molecule has 0 atom stereocenters. The van der Waals surface area contributed by atoms with Crippen LogP contribution in [0, 0.1) is 26.7 Å². The molecule has 1 aromatic carbocycles. The van der Waals surface area contributed by atoms with Gasteiger partial charge in [-0.15, -0.1) is 0 Å². The van der Waals surface area contributed by atoms with Gasteiger partial charge < -0.3 is 0 Å². The van der Waals surface area contributed by atoms with E-state index in [-0.39, 0.29) is 0 Å². The van der Waals surface area contributed by atoms with Crippen LogP contribution in [0.3, 0.4) is 0 Å². The predicted octanol–water partition coefficient (Wildman–Crippen LogP) is 2.56. The molecule has 0 aliphatic carbocycles. The van der Waals surface area contributed by atoms with Crippen molar-refractivity contribution in [1.82, 2.24) is 0 Å². The van der Waals surface area contributed by atoms with Gasteiger partial charge in [0.1, 0.15) is 0 Å². The van der Waals surface area contributed by atoms with Crippen LogP contribution in [0.4, 0.5) is 0 Å². The van der Waals surface area contributed by atoms with Crippen molar-refractivity contribution in [1.29, 1.82) is 5.26 Å². The van der Waals surface area contributed by atoms with E-state index in [1.165, 1.54) is 0 Å².